The van der Waals surface area contributed by atoms with Gasteiger partial charge in [0.05, 0.1) is 5.69 Å². The summed E-state index contributed by atoms with van der Waals surface area (Å²) < 4.78 is 0. The van der Waals surface area contributed by atoms with Gasteiger partial charge in [-0.2, -0.15) is 0 Å². The van der Waals surface area contributed by atoms with Crippen molar-refractivity contribution in [2.24, 2.45) is 0 Å². The lowest BCUT2D eigenvalue weighted by molar-refractivity contribution is 0.691. The summed E-state index contributed by atoms with van der Waals surface area (Å²) >= 11 is 6.32. The number of rotatable bonds is 1. The molecule has 1 heterocycles. The largest absolute Gasteiger partial charge is 0.334 e. The van der Waals surface area contributed by atoms with Gasteiger partial charge in [-0.15, -0.1) is 0 Å². The summed E-state index contributed by atoms with van der Waals surface area (Å²) in [4.78, 5) is 7.81. The minimum Gasteiger partial charge on any atom is -0.334 e. The third-order valence-electron chi connectivity index (χ3n) is 3.44. The quantitative estimate of drug-likeness (QED) is 0.751. The predicted molar refractivity (Wildman–Crippen MR) is 66.2 cm³/mol. The Labute approximate surface area is 100 Å². The van der Waals surface area contributed by atoms with Gasteiger partial charge in [0.25, 0.3) is 0 Å². The number of aromatic nitrogens is 2. The molecule has 1 aliphatic heterocycles. The Balaban J connectivity index is 2.25. The van der Waals surface area contributed by atoms with E-state index < -0.39 is 0 Å². The average Bonchev–Trinajstić information content (AvgIpc) is 2.67. The number of hydrogen-bond acceptors (Lipinski definition) is 1. The molecule has 0 aromatic carbocycles. The van der Waals surface area contributed by atoms with Crippen LogP contribution in [0.25, 0.3) is 11.3 Å². The van der Waals surface area contributed by atoms with Crippen molar-refractivity contribution in [2.45, 2.75) is 39.0 Å². The van der Waals surface area contributed by atoms with Crippen LogP contribution in [-0.2, 0) is 19.3 Å². The number of halogens is 1. The van der Waals surface area contributed by atoms with E-state index in [1.165, 1.54) is 30.4 Å². The zero-order valence-electron chi connectivity index (χ0n) is 9.44. The van der Waals surface area contributed by atoms with Gasteiger partial charge < -0.3 is 4.98 Å². The van der Waals surface area contributed by atoms with Gasteiger partial charge in [-0.05, 0) is 42.9 Å². The van der Waals surface area contributed by atoms with Crippen LogP contribution in [0.15, 0.2) is 6.07 Å². The van der Waals surface area contributed by atoms with Crippen LogP contribution in [0, 0.1) is 0 Å². The highest BCUT2D eigenvalue weighted by atomic mass is 35.5. The summed E-state index contributed by atoms with van der Waals surface area (Å²) in [6, 6.07) is 2.22. The van der Waals surface area contributed by atoms with E-state index in [4.69, 9.17) is 11.6 Å². The third kappa shape index (κ3) is 1.44. The molecule has 3 aliphatic rings. The van der Waals surface area contributed by atoms with E-state index in [-0.39, 0.29) is 0 Å². The first-order valence-corrected chi connectivity index (χ1v) is 6.36. The third-order valence-corrected chi connectivity index (χ3v) is 3.73. The number of aromatic amines is 1. The van der Waals surface area contributed by atoms with Crippen LogP contribution < -0.4 is 0 Å². The molecule has 0 amide bonds. The maximum Gasteiger partial charge on any atom is 0.117 e. The van der Waals surface area contributed by atoms with Crippen molar-refractivity contribution >= 4 is 11.6 Å². The molecule has 0 atom stereocenters. The Kier molecular flexibility index (Phi) is 2.40. The molecule has 0 aromatic rings. The molecule has 84 valence electrons. The first-order valence-electron chi connectivity index (χ1n) is 5.98. The number of hydrogen-bond donors (Lipinski definition) is 1. The zero-order valence-corrected chi connectivity index (χ0v) is 10.2. The van der Waals surface area contributed by atoms with Crippen LogP contribution in [0.5, 0.6) is 0 Å². The highest BCUT2D eigenvalue weighted by Crippen LogP contribution is 2.38. The SMILES string of the molecule is CCc1nc2cc3c(c-2c(Cl)[nH]1)CCCC3. The highest BCUT2D eigenvalue weighted by molar-refractivity contribution is 6.32. The Hall–Kier alpha value is -1.02. The van der Waals surface area contributed by atoms with Crippen molar-refractivity contribution in [3.63, 3.8) is 0 Å². The van der Waals surface area contributed by atoms with Gasteiger partial charge in [0.1, 0.15) is 11.0 Å². The van der Waals surface area contributed by atoms with Gasteiger partial charge in [0.15, 0.2) is 0 Å². The molecule has 3 rings (SSSR count). The fourth-order valence-electron chi connectivity index (χ4n) is 2.63. The van der Waals surface area contributed by atoms with Crippen molar-refractivity contribution in [3.05, 3.63) is 28.2 Å². The van der Waals surface area contributed by atoms with Crippen LogP contribution in [0.1, 0.15) is 36.7 Å². The first-order chi connectivity index (χ1) is 7.79. The molecule has 0 saturated carbocycles. The molecule has 0 bridgehead atoms. The summed E-state index contributed by atoms with van der Waals surface area (Å²) in [5.41, 5.74) is 5.12. The smallest absolute Gasteiger partial charge is 0.117 e. The standard InChI is InChI=1S/C13H15ClN2/c1-2-11-15-10-7-8-5-3-4-6-9(8)12(10)13(14)16-11/h7H,2-6H2,1H3,(H,15,16). The highest BCUT2D eigenvalue weighted by Gasteiger charge is 2.22. The monoisotopic (exact) mass is 234 g/mol. The predicted octanol–water partition coefficient (Wildman–Crippen LogP) is 3.61. The van der Waals surface area contributed by atoms with E-state index in [1.54, 1.807) is 0 Å². The van der Waals surface area contributed by atoms with Crippen molar-refractivity contribution in [1.82, 2.24) is 9.97 Å². The second kappa shape index (κ2) is 3.77. The summed E-state index contributed by atoms with van der Waals surface area (Å²) in [5, 5.41) is 0.769. The van der Waals surface area contributed by atoms with Crippen LogP contribution in [0.2, 0.25) is 5.15 Å². The number of fused-ring (bicyclic) bond motifs is 3. The molecule has 0 unspecified atom stereocenters. The Morgan fingerprint density at radius 2 is 2.19 bits per heavy atom. The number of nitrogens with one attached hydrogen (secondary N) is 1. The summed E-state index contributed by atoms with van der Waals surface area (Å²) in [6.45, 7) is 2.09. The molecule has 0 spiro atoms. The lowest BCUT2D eigenvalue weighted by Gasteiger charge is -2.13. The number of H-pyrrole nitrogens is 1. The van der Waals surface area contributed by atoms with Crippen LogP contribution in [0.4, 0.5) is 0 Å². The van der Waals surface area contributed by atoms with Gasteiger partial charge in [0, 0.05) is 12.0 Å². The minimum absolute atomic E-state index is 0.769. The van der Waals surface area contributed by atoms with E-state index >= 15 is 0 Å². The van der Waals surface area contributed by atoms with Crippen molar-refractivity contribution in [3.8, 4) is 11.3 Å². The van der Waals surface area contributed by atoms with E-state index in [0.29, 0.717) is 0 Å². The summed E-state index contributed by atoms with van der Waals surface area (Å²) in [5.74, 6) is 0.972. The minimum atomic E-state index is 0.769. The Morgan fingerprint density at radius 3 is 3.00 bits per heavy atom. The number of nitrogens with zero attached hydrogens (tertiary/aromatic N) is 1. The first kappa shape index (κ1) is 10.2. The average molecular weight is 235 g/mol. The van der Waals surface area contributed by atoms with Crippen LogP contribution >= 0.6 is 11.6 Å². The molecule has 2 nitrogen and oxygen atoms in total. The summed E-state index contributed by atoms with van der Waals surface area (Å²) in [6.07, 6.45) is 5.80. The maximum absolute atomic E-state index is 6.32. The Bertz CT molecular complexity index is 501. The van der Waals surface area contributed by atoms with E-state index in [1.807, 2.05) is 0 Å². The van der Waals surface area contributed by atoms with Crippen LogP contribution in [0.3, 0.4) is 0 Å². The molecule has 0 saturated heterocycles. The van der Waals surface area contributed by atoms with Gasteiger partial charge in [-0.1, -0.05) is 18.5 Å². The molecule has 3 heteroatoms. The fraction of sp³-hybridized carbons (Fsp3) is 0.462. The molecule has 2 aliphatic carbocycles. The van der Waals surface area contributed by atoms with Crippen molar-refractivity contribution in [2.75, 3.05) is 0 Å². The molecule has 0 aromatic heterocycles. The lowest BCUT2D eigenvalue weighted by atomic mass is 9.94. The molecular formula is C13H15ClN2. The second-order valence-corrected chi connectivity index (χ2v) is 4.84. The van der Waals surface area contributed by atoms with E-state index in [9.17, 15) is 0 Å². The van der Waals surface area contributed by atoms with Gasteiger partial charge in [-0.3, -0.25) is 0 Å². The van der Waals surface area contributed by atoms with Gasteiger partial charge in [0.2, 0.25) is 0 Å². The zero-order chi connectivity index (χ0) is 11.1. The molecule has 16 heavy (non-hydrogen) atoms. The summed E-state index contributed by atoms with van der Waals surface area (Å²) in [7, 11) is 0. The molecule has 1 N–H and O–H groups in total. The van der Waals surface area contributed by atoms with Crippen LogP contribution in [-0.4, -0.2) is 9.97 Å². The van der Waals surface area contributed by atoms with E-state index in [2.05, 4.69) is 23.0 Å². The molecular weight excluding hydrogens is 220 g/mol. The molecule has 0 fully saturated rings. The molecule has 0 radical (unpaired) electrons. The Morgan fingerprint density at radius 1 is 1.38 bits per heavy atom. The topological polar surface area (TPSA) is 28.7 Å². The normalized spacial score (nSPS) is 15.4. The lowest BCUT2D eigenvalue weighted by Crippen LogP contribution is -2.01. The van der Waals surface area contributed by atoms with Gasteiger partial charge >= 0.3 is 0 Å². The maximum atomic E-state index is 6.32. The number of aryl methyl sites for hydroxylation is 2. The second-order valence-electron chi connectivity index (χ2n) is 4.47. The van der Waals surface area contributed by atoms with Gasteiger partial charge in [-0.25, -0.2) is 4.98 Å². The van der Waals surface area contributed by atoms with E-state index in [0.717, 1.165) is 35.1 Å². The van der Waals surface area contributed by atoms with Crippen molar-refractivity contribution < 1.29 is 0 Å². The fourth-order valence-corrected chi connectivity index (χ4v) is 2.95. The van der Waals surface area contributed by atoms with Crippen molar-refractivity contribution in [1.29, 1.82) is 0 Å².